The Morgan fingerprint density at radius 2 is 2.00 bits per heavy atom. The van der Waals surface area contributed by atoms with Crippen LogP contribution in [0, 0.1) is 11.7 Å². The Hall–Kier alpha value is -1.67. The molecule has 0 bridgehead atoms. The third-order valence-electron chi connectivity index (χ3n) is 3.96. The maximum atomic E-state index is 12.9. The molecule has 8 heteroatoms. The van der Waals surface area contributed by atoms with Gasteiger partial charge in [-0.3, -0.25) is 4.90 Å². The SMILES string of the molecule is Fc1ccc(-c2csc(NCC3CCN(CC(F)(F)F)C3)n2)cc1. The van der Waals surface area contributed by atoms with Crippen LogP contribution in [0.15, 0.2) is 29.6 Å². The number of likely N-dealkylation sites (tertiary alicyclic amines) is 1. The predicted octanol–water partition coefficient (Wildman–Crippen LogP) is 4.25. The number of thiazole rings is 1. The van der Waals surface area contributed by atoms with Crippen LogP contribution in [-0.2, 0) is 0 Å². The molecule has 0 radical (unpaired) electrons. The Bertz CT molecular complexity index is 669. The van der Waals surface area contributed by atoms with E-state index in [0.717, 1.165) is 22.8 Å². The van der Waals surface area contributed by atoms with Gasteiger partial charge >= 0.3 is 6.18 Å². The summed E-state index contributed by atoms with van der Waals surface area (Å²) in [7, 11) is 0. The molecule has 1 fully saturated rings. The quantitative estimate of drug-likeness (QED) is 0.809. The van der Waals surface area contributed by atoms with Crippen molar-refractivity contribution in [2.45, 2.75) is 12.6 Å². The van der Waals surface area contributed by atoms with Crippen molar-refractivity contribution >= 4 is 16.5 Å². The number of anilines is 1. The second-order valence-corrected chi connectivity index (χ2v) is 6.79. The average Bonchev–Trinajstić information content (AvgIpc) is 3.13. The van der Waals surface area contributed by atoms with Gasteiger partial charge < -0.3 is 5.32 Å². The topological polar surface area (TPSA) is 28.2 Å². The van der Waals surface area contributed by atoms with Crippen LogP contribution in [0.3, 0.4) is 0 Å². The Morgan fingerprint density at radius 1 is 1.25 bits per heavy atom. The summed E-state index contributed by atoms with van der Waals surface area (Å²) in [5, 5.41) is 5.80. The Kier molecular flexibility index (Phi) is 5.05. The van der Waals surface area contributed by atoms with Crippen molar-refractivity contribution in [3.63, 3.8) is 0 Å². The van der Waals surface area contributed by atoms with Gasteiger partial charge in [0.15, 0.2) is 5.13 Å². The lowest BCUT2D eigenvalue weighted by molar-refractivity contribution is -0.143. The van der Waals surface area contributed by atoms with E-state index in [1.165, 1.54) is 28.4 Å². The van der Waals surface area contributed by atoms with Gasteiger partial charge in [-0.05, 0) is 43.1 Å². The number of nitrogens with zero attached hydrogens (tertiary/aromatic N) is 2. The molecule has 1 unspecified atom stereocenters. The molecule has 0 amide bonds. The molecule has 2 aromatic rings. The molecule has 1 aromatic carbocycles. The van der Waals surface area contributed by atoms with Gasteiger partial charge in [0.1, 0.15) is 5.82 Å². The van der Waals surface area contributed by atoms with Crippen molar-refractivity contribution in [2.75, 3.05) is 31.5 Å². The summed E-state index contributed by atoms with van der Waals surface area (Å²) in [4.78, 5) is 5.88. The third-order valence-corrected chi connectivity index (χ3v) is 4.76. The zero-order chi connectivity index (χ0) is 17.2. The Balaban J connectivity index is 1.50. The van der Waals surface area contributed by atoms with Crippen molar-refractivity contribution in [3.05, 3.63) is 35.5 Å². The smallest absolute Gasteiger partial charge is 0.361 e. The van der Waals surface area contributed by atoms with Crippen molar-refractivity contribution in [3.8, 4) is 11.3 Å². The summed E-state index contributed by atoms with van der Waals surface area (Å²) in [6.07, 6.45) is -3.39. The van der Waals surface area contributed by atoms with E-state index in [1.54, 1.807) is 12.1 Å². The van der Waals surface area contributed by atoms with E-state index in [2.05, 4.69) is 10.3 Å². The summed E-state index contributed by atoms with van der Waals surface area (Å²) in [6, 6.07) is 6.10. The van der Waals surface area contributed by atoms with Gasteiger partial charge in [0, 0.05) is 24.0 Å². The van der Waals surface area contributed by atoms with Crippen molar-refractivity contribution in [2.24, 2.45) is 5.92 Å². The number of hydrogen-bond acceptors (Lipinski definition) is 4. The van der Waals surface area contributed by atoms with Gasteiger partial charge in [-0.25, -0.2) is 9.37 Å². The molecule has 1 atom stereocenters. The van der Waals surface area contributed by atoms with Gasteiger partial charge in [-0.1, -0.05) is 0 Å². The largest absolute Gasteiger partial charge is 0.401 e. The highest BCUT2D eigenvalue weighted by Crippen LogP contribution is 2.27. The fourth-order valence-corrected chi connectivity index (χ4v) is 3.55. The molecule has 24 heavy (non-hydrogen) atoms. The number of halogens is 4. The average molecular weight is 359 g/mol. The zero-order valence-electron chi connectivity index (χ0n) is 12.8. The van der Waals surface area contributed by atoms with E-state index in [4.69, 9.17) is 0 Å². The second kappa shape index (κ2) is 7.06. The fraction of sp³-hybridized carbons (Fsp3) is 0.438. The van der Waals surface area contributed by atoms with Crippen molar-refractivity contribution in [1.29, 1.82) is 0 Å². The monoisotopic (exact) mass is 359 g/mol. The van der Waals surface area contributed by atoms with Crippen LogP contribution in [0.2, 0.25) is 0 Å². The minimum atomic E-state index is -4.14. The van der Waals surface area contributed by atoms with Crippen molar-refractivity contribution in [1.82, 2.24) is 9.88 Å². The molecule has 1 aliphatic rings. The lowest BCUT2D eigenvalue weighted by Crippen LogP contribution is -2.33. The normalized spacial score (nSPS) is 18.9. The van der Waals surface area contributed by atoms with Gasteiger partial charge in [0.05, 0.1) is 12.2 Å². The predicted molar refractivity (Wildman–Crippen MR) is 86.6 cm³/mol. The van der Waals surface area contributed by atoms with E-state index >= 15 is 0 Å². The lowest BCUT2D eigenvalue weighted by atomic mass is 10.1. The first-order chi connectivity index (χ1) is 11.4. The number of alkyl halides is 3. The number of benzene rings is 1. The van der Waals surface area contributed by atoms with Gasteiger partial charge in [-0.15, -0.1) is 11.3 Å². The summed E-state index contributed by atoms with van der Waals surface area (Å²) in [6.45, 7) is 0.688. The molecule has 1 aromatic heterocycles. The molecule has 2 heterocycles. The molecule has 0 saturated carbocycles. The molecule has 130 valence electrons. The Labute approximate surface area is 141 Å². The number of nitrogens with one attached hydrogen (secondary N) is 1. The minimum absolute atomic E-state index is 0.186. The molecule has 1 aliphatic heterocycles. The summed E-state index contributed by atoms with van der Waals surface area (Å²) >= 11 is 1.43. The lowest BCUT2D eigenvalue weighted by Gasteiger charge is -2.17. The van der Waals surface area contributed by atoms with E-state index in [9.17, 15) is 17.6 Å². The van der Waals surface area contributed by atoms with E-state index in [0.29, 0.717) is 19.6 Å². The first-order valence-corrected chi connectivity index (χ1v) is 8.51. The zero-order valence-corrected chi connectivity index (χ0v) is 13.6. The van der Waals surface area contributed by atoms with E-state index in [1.807, 2.05) is 5.38 Å². The van der Waals surface area contributed by atoms with Crippen LogP contribution >= 0.6 is 11.3 Å². The maximum absolute atomic E-state index is 12.9. The molecular formula is C16H17F4N3S. The second-order valence-electron chi connectivity index (χ2n) is 5.93. The first kappa shape index (κ1) is 17.2. The van der Waals surface area contributed by atoms with E-state index in [-0.39, 0.29) is 11.7 Å². The maximum Gasteiger partial charge on any atom is 0.401 e. The molecule has 1 N–H and O–H groups in total. The molecule has 0 aliphatic carbocycles. The van der Waals surface area contributed by atoms with E-state index < -0.39 is 12.7 Å². The number of hydrogen-bond donors (Lipinski definition) is 1. The molecule has 3 nitrogen and oxygen atoms in total. The summed E-state index contributed by atoms with van der Waals surface area (Å²) in [5.74, 6) is -0.109. The Morgan fingerprint density at radius 3 is 2.71 bits per heavy atom. The van der Waals surface area contributed by atoms with Crippen LogP contribution in [0.1, 0.15) is 6.42 Å². The van der Waals surface area contributed by atoms with Gasteiger partial charge in [-0.2, -0.15) is 13.2 Å². The standard InChI is InChI=1S/C16H17F4N3S/c17-13-3-1-12(2-4-13)14-9-24-15(22-14)21-7-11-5-6-23(8-11)10-16(18,19)20/h1-4,9,11H,5-8,10H2,(H,21,22). The van der Waals surface area contributed by atoms with Crippen LogP contribution < -0.4 is 5.32 Å². The highest BCUT2D eigenvalue weighted by molar-refractivity contribution is 7.14. The highest BCUT2D eigenvalue weighted by atomic mass is 32.1. The first-order valence-electron chi connectivity index (χ1n) is 7.63. The highest BCUT2D eigenvalue weighted by Gasteiger charge is 2.34. The molecule has 3 rings (SSSR count). The summed E-state index contributed by atoms with van der Waals surface area (Å²) in [5.41, 5.74) is 1.59. The van der Waals surface area contributed by atoms with Crippen LogP contribution in [0.4, 0.5) is 22.7 Å². The number of aromatic nitrogens is 1. The van der Waals surface area contributed by atoms with Gasteiger partial charge in [0.2, 0.25) is 0 Å². The minimum Gasteiger partial charge on any atom is -0.361 e. The molecule has 0 spiro atoms. The van der Waals surface area contributed by atoms with Gasteiger partial charge in [0.25, 0.3) is 0 Å². The van der Waals surface area contributed by atoms with Crippen LogP contribution in [0.5, 0.6) is 0 Å². The number of rotatable bonds is 5. The summed E-state index contributed by atoms with van der Waals surface area (Å²) < 4.78 is 50.1. The van der Waals surface area contributed by atoms with Crippen molar-refractivity contribution < 1.29 is 17.6 Å². The molecular weight excluding hydrogens is 342 g/mol. The van der Waals surface area contributed by atoms with Crippen LogP contribution in [0.25, 0.3) is 11.3 Å². The fourth-order valence-electron chi connectivity index (χ4n) is 2.82. The molecule has 1 saturated heterocycles. The third kappa shape index (κ3) is 4.67. The van der Waals surface area contributed by atoms with Crippen LogP contribution in [-0.4, -0.2) is 42.2 Å².